The summed E-state index contributed by atoms with van der Waals surface area (Å²) in [6.07, 6.45) is 4.65. The van der Waals surface area contributed by atoms with Crippen LogP contribution in [-0.2, 0) is 9.59 Å². The van der Waals surface area contributed by atoms with Crippen LogP contribution in [0, 0.1) is 0 Å². The van der Waals surface area contributed by atoms with Crippen LogP contribution >= 0.6 is 12.4 Å². The van der Waals surface area contributed by atoms with Gasteiger partial charge in [-0.2, -0.15) is 0 Å². The maximum atomic E-state index is 12.1. The molecule has 2 atom stereocenters. The van der Waals surface area contributed by atoms with E-state index >= 15 is 0 Å². The van der Waals surface area contributed by atoms with Crippen molar-refractivity contribution in [3.05, 3.63) is 0 Å². The Morgan fingerprint density at radius 2 is 1.82 bits per heavy atom. The lowest BCUT2D eigenvalue weighted by molar-refractivity contribution is -0.133. The molecule has 0 aromatic carbocycles. The summed E-state index contributed by atoms with van der Waals surface area (Å²) in [5, 5.41) is 6.42. The minimum absolute atomic E-state index is 0. The standard InChI is InChI=1S/C16H31N3O2.ClH/c1-4-11-19(12-5-2)16(21)9-8-15(20)18-14-7-6-10-17-13(14)3;/h13-14,17H,4-12H2,1-3H3,(H,18,20);1H. The van der Waals surface area contributed by atoms with Gasteiger partial charge in [-0.15, -0.1) is 12.4 Å². The van der Waals surface area contributed by atoms with Gasteiger partial charge in [0.25, 0.3) is 0 Å². The molecule has 1 aliphatic rings. The van der Waals surface area contributed by atoms with Gasteiger partial charge < -0.3 is 15.5 Å². The lowest BCUT2D eigenvalue weighted by Gasteiger charge is -2.30. The van der Waals surface area contributed by atoms with Crippen LogP contribution in [0.25, 0.3) is 0 Å². The zero-order valence-corrected chi connectivity index (χ0v) is 15.0. The quantitative estimate of drug-likeness (QED) is 0.715. The molecule has 1 aliphatic heterocycles. The van der Waals surface area contributed by atoms with Crippen molar-refractivity contribution >= 4 is 24.2 Å². The minimum atomic E-state index is -0.00292. The molecule has 0 aromatic heterocycles. The number of nitrogens with one attached hydrogen (secondary N) is 2. The second-order valence-corrected chi connectivity index (χ2v) is 5.94. The van der Waals surface area contributed by atoms with Gasteiger partial charge in [-0.1, -0.05) is 13.8 Å². The number of piperidine rings is 1. The minimum Gasteiger partial charge on any atom is -0.352 e. The molecule has 5 nitrogen and oxygen atoms in total. The smallest absolute Gasteiger partial charge is 0.223 e. The van der Waals surface area contributed by atoms with Gasteiger partial charge in [-0.3, -0.25) is 9.59 Å². The van der Waals surface area contributed by atoms with Gasteiger partial charge in [0.2, 0.25) is 11.8 Å². The van der Waals surface area contributed by atoms with Crippen molar-refractivity contribution in [3.8, 4) is 0 Å². The molecule has 1 fully saturated rings. The monoisotopic (exact) mass is 333 g/mol. The van der Waals surface area contributed by atoms with Crippen molar-refractivity contribution in [2.24, 2.45) is 0 Å². The zero-order chi connectivity index (χ0) is 15.7. The summed E-state index contributed by atoms with van der Waals surface area (Å²) in [7, 11) is 0. The van der Waals surface area contributed by atoms with Crippen molar-refractivity contribution in [3.63, 3.8) is 0 Å². The first kappa shape index (κ1) is 21.2. The third-order valence-corrected chi connectivity index (χ3v) is 4.01. The van der Waals surface area contributed by atoms with Crippen molar-refractivity contribution in [2.75, 3.05) is 19.6 Å². The van der Waals surface area contributed by atoms with E-state index in [1.165, 1.54) is 0 Å². The number of rotatable bonds is 8. The van der Waals surface area contributed by atoms with Crippen LogP contribution in [0.15, 0.2) is 0 Å². The Bertz CT molecular complexity index is 333. The van der Waals surface area contributed by atoms with Crippen molar-refractivity contribution in [1.29, 1.82) is 0 Å². The van der Waals surface area contributed by atoms with Crippen LogP contribution in [-0.4, -0.2) is 48.4 Å². The van der Waals surface area contributed by atoms with Gasteiger partial charge in [0.15, 0.2) is 0 Å². The van der Waals surface area contributed by atoms with E-state index in [2.05, 4.69) is 31.4 Å². The molecule has 0 spiro atoms. The first-order valence-corrected chi connectivity index (χ1v) is 8.39. The van der Waals surface area contributed by atoms with E-state index in [1.54, 1.807) is 0 Å². The Labute approximate surface area is 141 Å². The molecule has 1 heterocycles. The highest BCUT2D eigenvalue weighted by atomic mass is 35.5. The van der Waals surface area contributed by atoms with Crippen molar-refractivity contribution < 1.29 is 9.59 Å². The van der Waals surface area contributed by atoms with Crippen LogP contribution in [0.1, 0.15) is 59.3 Å². The Morgan fingerprint density at radius 1 is 1.18 bits per heavy atom. The first-order chi connectivity index (χ1) is 10.1. The highest BCUT2D eigenvalue weighted by Crippen LogP contribution is 2.09. The molecular weight excluding hydrogens is 302 g/mol. The third kappa shape index (κ3) is 7.45. The Balaban J connectivity index is 0.00000441. The first-order valence-electron chi connectivity index (χ1n) is 8.39. The summed E-state index contributed by atoms with van der Waals surface area (Å²) in [6.45, 7) is 8.84. The molecule has 6 heteroatoms. The number of amides is 2. The Morgan fingerprint density at radius 3 is 2.36 bits per heavy atom. The highest BCUT2D eigenvalue weighted by molar-refractivity contribution is 5.85. The van der Waals surface area contributed by atoms with Crippen LogP contribution in [0.3, 0.4) is 0 Å². The summed E-state index contributed by atoms with van der Waals surface area (Å²) in [5.41, 5.74) is 0. The molecule has 2 unspecified atom stereocenters. The average molecular weight is 334 g/mol. The van der Waals surface area contributed by atoms with Gasteiger partial charge in [0.1, 0.15) is 0 Å². The Hall–Kier alpha value is -0.810. The fourth-order valence-electron chi connectivity index (χ4n) is 2.80. The van der Waals surface area contributed by atoms with Crippen molar-refractivity contribution in [2.45, 2.75) is 71.4 Å². The zero-order valence-electron chi connectivity index (χ0n) is 14.2. The van der Waals surface area contributed by atoms with Crippen LogP contribution in [0.5, 0.6) is 0 Å². The van der Waals surface area contributed by atoms with Crippen LogP contribution < -0.4 is 10.6 Å². The number of carbonyl (C=O) groups is 2. The molecule has 22 heavy (non-hydrogen) atoms. The molecule has 130 valence electrons. The van der Waals surface area contributed by atoms with Gasteiger partial charge in [-0.05, 0) is 39.2 Å². The number of nitrogens with zero attached hydrogens (tertiary/aromatic N) is 1. The van der Waals surface area contributed by atoms with E-state index in [-0.39, 0.29) is 30.3 Å². The van der Waals surface area contributed by atoms with Crippen LogP contribution in [0.4, 0.5) is 0 Å². The number of halogens is 1. The number of hydrogen-bond acceptors (Lipinski definition) is 3. The van der Waals surface area contributed by atoms with Crippen molar-refractivity contribution in [1.82, 2.24) is 15.5 Å². The highest BCUT2D eigenvalue weighted by Gasteiger charge is 2.22. The SMILES string of the molecule is CCCN(CCC)C(=O)CCC(=O)NC1CCCNC1C.Cl. The maximum Gasteiger partial charge on any atom is 0.223 e. The second-order valence-electron chi connectivity index (χ2n) is 5.94. The number of hydrogen-bond donors (Lipinski definition) is 2. The van der Waals surface area contributed by atoms with Gasteiger partial charge in [0, 0.05) is 38.0 Å². The van der Waals surface area contributed by atoms with Gasteiger partial charge in [0.05, 0.1) is 0 Å². The number of carbonyl (C=O) groups excluding carboxylic acids is 2. The summed E-state index contributed by atoms with van der Waals surface area (Å²) in [5.74, 6) is 0.0977. The maximum absolute atomic E-state index is 12.1. The van der Waals surface area contributed by atoms with E-state index in [1.807, 2.05) is 4.90 Å². The molecule has 1 rings (SSSR count). The molecule has 0 bridgehead atoms. The van der Waals surface area contributed by atoms with E-state index in [9.17, 15) is 9.59 Å². The van der Waals surface area contributed by atoms with E-state index in [0.29, 0.717) is 18.9 Å². The molecular formula is C16H32ClN3O2. The molecule has 0 aliphatic carbocycles. The lowest BCUT2D eigenvalue weighted by atomic mass is 9.99. The largest absolute Gasteiger partial charge is 0.352 e. The summed E-state index contributed by atoms with van der Waals surface area (Å²) in [4.78, 5) is 26.0. The molecule has 2 amide bonds. The fourth-order valence-corrected chi connectivity index (χ4v) is 2.80. The molecule has 1 saturated heterocycles. The fraction of sp³-hybridized carbons (Fsp3) is 0.875. The topological polar surface area (TPSA) is 61.4 Å². The molecule has 0 radical (unpaired) electrons. The average Bonchev–Trinajstić information content (AvgIpc) is 2.47. The summed E-state index contributed by atoms with van der Waals surface area (Å²) in [6, 6.07) is 0.513. The molecule has 0 aromatic rings. The normalized spacial score (nSPS) is 20.9. The van der Waals surface area contributed by atoms with Crippen LogP contribution in [0.2, 0.25) is 0 Å². The Kier molecular flexibility index (Phi) is 11.3. The second kappa shape index (κ2) is 11.7. The van der Waals surface area contributed by atoms with E-state index < -0.39 is 0 Å². The molecule has 0 saturated carbocycles. The predicted molar refractivity (Wildman–Crippen MR) is 92.3 cm³/mol. The van der Waals surface area contributed by atoms with E-state index in [4.69, 9.17) is 0 Å². The predicted octanol–water partition coefficient (Wildman–Crippen LogP) is 2.09. The molecule has 2 N–H and O–H groups in total. The van der Waals surface area contributed by atoms with E-state index in [0.717, 1.165) is 45.3 Å². The van der Waals surface area contributed by atoms with Gasteiger partial charge in [-0.25, -0.2) is 0 Å². The van der Waals surface area contributed by atoms with Gasteiger partial charge >= 0.3 is 0 Å². The summed E-state index contributed by atoms with van der Waals surface area (Å²) >= 11 is 0. The summed E-state index contributed by atoms with van der Waals surface area (Å²) < 4.78 is 0. The lowest BCUT2D eigenvalue weighted by Crippen LogP contribution is -2.52. The third-order valence-electron chi connectivity index (χ3n) is 4.01.